The van der Waals surface area contributed by atoms with Crippen molar-refractivity contribution in [1.29, 1.82) is 0 Å². The summed E-state index contributed by atoms with van der Waals surface area (Å²) in [5.41, 5.74) is 5.81. The van der Waals surface area contributed by atoms with Crippen LogP contribution in [-0.4, -0.2) is 32.2 Å². The van der Waals surface area contributed by atoms with Crippen molar-refractivity contribution in [3.63, 3.8) is 0 Å². The molecule has 1 atom stereocenters. The lowest BCUT2D eigenvalue weighted by Crippen LogP contribution is -2.42. The van der Waals surface area contributed by atoms with Gasteiger partial charge in [-0.1, -0.05) is 19.3 Å². The van der Waals surface area contributed by atoms with E-state index in [4.69, 9.17) is 10.5 Å². The van der Waals surface area contributed by atoms with Gasteiger partial charge in [0.2, 0.25) is 5.91 Å². The van der Waals surface area contributed by atoms with Crippen LogP contribution in [0.15, 0.2) is 0 Å². The predicted octanol–water partition coefficient (Wildman–Crippen LogP) is 1.44. The minimum absolute atomic E-state index is 0.00771. The Balaban J connectivity index is 2.10. The highest BCUT2D eigenvalue weighted by atomic mass is 16.5. The molecule has 100 valence electrons. The Morgan fingerprint density at radius 3 is 2.76 bits per heavy atom. The summed E-state index contributed by atoms with van der Waals surface area (Å²) in [6, 6.07) is -0.381. The van der Waals surface area contributed by atoms with E-state index in [1.165, 1.54) is 32.1 Å². The van der Waals surface area contributed by atoms with E-state index in [1.807, 2.05) is 0 Å². The Labute approximate surface area is 104 Å². The van der Waals surface area contributed by atoms with Crippen molar-refractivity contribution < 1.29 is 9.53 Å². The third-order valence-corrected chi connectivity index (χ3v) is 3.49. The molecular formula is C13H26N2O2. The Hall–Kier alpha value is -0.610. The molecule has 0 saturated heterocycles. The molecule has 0 aromatic carbocycles. The van der Waals surface area contributed by atoms with Crippen LogP contribution in [0, 0.1) is 5.92 Å². The Morgan fingerprint density at radius 2 is 2.12 bits per heavy atom. The van der Waals surface area contributed by atoms with Crippen LogP contribution >= 0.6 is 0 Å². The molecule has 0 aliphatic heterocycles. The first kappa shape index (κ1) is 14.5. The van der Waals surface area contributed by atoms with Crippen LogP contribution in [0.4, 0.5) is 0 Å². The molecule has 0 spiro atoms. The highest BCUT2D eigenvalue weighted by Crippen LogP contribution is 2.22. The normalized spacial score (nSPS) is 18.9. The van der Waals surface area contributed by atoms with Gasteiger partial charge >= 0.3 is 0 Å². The summed E-state index contributed by atoms with van der Waals surface area (Å²) in [4.78, 5) is 11.7. The summed E-state index contributed by atoms with van der Waals surface area (Å²) in [7, 11) is 1.66. The van der Waals surface area contributed by atoms with Crippen LogP contribution in [0.2, 0.25) is 0 Å². The van der Waals surface area contributed by atoms with Crippen molar-refractivity contribution in [2.75, 3.05) is 20.3 Å². The highest BCUT2D eigenvalue weighted by Gasteiger charge is 2.17. The molecule has 1 rings (SSSR count). The van der Waals surface area contributed by atoms with E-state index < -0.39 is 0 Å². The summed E-state index contributed by atoms with van der Waals surface area (Å²) in [6.07, 6.45) is 8.00. The molecular weight excluding hydrogens is 216 g/mol. The number of carbonyl (C=O) groups is 1. The minimum Gasteiger partial charge on any atom is -0.385 e. The maximum atomic E-state index is 11.7. The summed E-state index contributed by atoms with van der Waals surface area (Å²) < 4.78 is 4.94. The lowest BCUT2D eigenvalue weighted by Gasteiger charge is -2.22. The third kappa shape index (κ3) is 6.03. The van der Waals surface area contributed by atoms with Crippen molar-refractivity contribution in [2.24, 2.45) is 11.7 Å². The number of hydrogen-bond donors (Lipinski definition) is 2. The molecule has 0 aromatic rings. The van der Waals surface area contributed by atoms with E-state index >= 15 is 0 Å². The lowest BCUT2D eigenvalue weighted by molar-refractivity contribution is -0.122. The highest BCUT2D eigenvalue weighted by molar-refractivity contribution is 5.81. The Morgan fingerprint density at radius 1 is 1.41 bits per heavy atom. The quantitative estimate of drug-likeness (QED) is 0.664. The van der Waals surface area contributed by atoms with Crippen molar-refractivity contribution in [3.8, 4) is 0 Å². The van der Waals surface area contributed by atoms with E-state index in [1.54, 1.807) is 7.11 Å². The second-order valence-corrected chi connectivity index (χ2v) is 4.99. The summed E-state index contributed by atoms with van der Waals surface area (Å²) >= 11 is 0. The molecule has 1 unspecified atom stereocenters. The lowest BCUT2D eigenvalue weighted by atomic mass is 9.89. The number of amides is 1. The van der Waals surface area contributed by atoms with Gasteiger partial charge in [0, 0.05) is 20.3 Å². The van der Waals surface area contributed by atoms with Crippen LogP contribution in [0.3, 0.4) is 0 Å². The van der Waals surface area contributed by atoms with Crippen LogP contribution < -0.4 is 11.1 Å². The second kappa shape index (κ2) is 8.48. The molecule has 3 N–H and O–H groups in total. The van der Waals surface area contributed by atoms with E-state index in [2.05, 4.69) is 5.32 Å². The standard InChI is InChI=1S/C13H26N2O2/c1-17-9-5-8-12(14)13(16)15-10-11-6-3-2-4-7-11/h11-12H,2-10,14H2,1H3,(H,15,16). The first-order valence-corrected chi connectivity index (χ1v) is 6.76. The van der Waals surface area contributed by atoms with E-state index in [0.29, 0.717) is 18.9 Å². The molecule has 4 nitrogen and oxygen atoms in total. The fourth-order valence-electron chi connectivity index (χ4n) is 2.35. The first-order chi connectivity index (χ1) is 8.24. The molecule has 0 heterocycles. The van der Waals surface area contributed by atoms with Crippen molar-refractivity contribution in [3.05, 3.63) is 0 Å². The fourth-order valence-corrected chi connectivity index (χ4v) is 2.35. The van der Waals surface area contributed by atoms with Gasteiger partial charge in [0.05, 0.1) is 6.04 Å². The van der Waals surface area contributed by atoms with Crippen molar-refractivity contribution in [1.82, 2.24) is 5.32 Å². The zero-order chi connectivity index (χ0) is 12.5. The van der Waals surface area contributed by atoms with Gasteiger partial charge in [-0.05, 0) is 31.6 Å². The number of hydrogen-bond acceptors (Lipinski definition) is 3. The van der Waals surface area contributed by atoms with Crippen molar-refractivity contribution >= 4 is 5.91 Å². The fraction of sp³-hybridized carbons (Fsp3) is 0.923. The van der Waals surface area contributed by atoms with Crippen molar-refractivity contribution in [2.45, 2.75) is 51.0 Å². The molecule has 0 radical (unpaired) electrons. The van der Waals surface area contributed by atoms with Gasteiger partial charge in [-0.15, -0.1) is 0 Å². The largest absolute Gasteiger partial charge is 0.385 e. The minimum atomic E-state index is -0.381. The SMILES string of the molecule is COCCCC(N)C(=O)NCC1CCCCC1. The molecule has 1 aliphatic rings. The average Bonchev–Trinajstić information content (AvgIpc) is 2.37. The third-order valence-electron chi connectivity index (χ3n) is 3.49. The Bertz CT molecular complexity index is 215. The molecule has 0 aromatic heterocycles. The molecule has 4 heteroatoms. The number of nitrogens with one attached hydrogen (secondary N) is 1. The first-order valence-electron chi connectivity index (χ1n) is 6.76. The Kier molecular flexibility index (Phi) is 7.21. The smallest absolute Gasteiger partial charge is 0.236 e. The van der Waals surface area contributed by atoms with Crippen LogP contribution in [-0.2, 0) is 9.53 Å². The number of ether oxygens (including phenoxy) is 1. The van der Waals surface area contributed by atoms with E-state index in [9.17, 15) is 4.79 Å². The van der Waals surface area contributed by atoms with Gasteiger partial charge in [-0.3, -0.25) is 4.79 Å². The topological polar surface area (TPSA) is 64.3 Å². The summed E-state index contributed by atoms with van der Waals surface area (Å²) in [5, 5.41) is 2.97. The van der Waals surface area contributed by atoms with Crippen LogP contribution in [0.5, 0.6) is 0 Å². The van der Waals surface area contributed by atoms with Gasteiger partial charge in [0.1, 0.15) is 0 Å². The molecule has 1 saturated carbocycles. The summed E-state index contributed by atoms with van der Waals surface area (Å²) in [6.45, 7) is 1.47. The van der Waals surface area contributed by atoms with Gasteiger partial charge in [0.15, 0.2) is 0 Å². The average molecular weight is 242 g/mol. The number of carbonyl (C=O) groups excluding carboxylic acids is 1. The van der Waals surface area contributed by atoms with E-state index in [-0.39, 0.29) is 11.9 Å². The number of rotatable bonds is 7. The monoisotopic (exact) mass is 242 g/mol. The van der Waals surface area contributed by atoms with Crippen LogP contribution in [0.1, 0.15) is 44.9 Å². The summed E-state index contributed by atoms with van der Waals surface area (Å²) in [5.74, 6) is 0.658. The second-order valence-electron chi connectivity index (χ2n) is 4.99. The van der Waals surface area contributed by atoms with E-state index in [0.717, 1.165) is 13.0 Å². The number of nitrogens with two attached hydrogens (primary N) is 1. The zero-order valence-electron chi connectivity index (χ0n) is 10.9. The van der Waals surface area contributed by atoms with Crippen LogP contribution in [0.25, 0.3) is 0 Å². The van der Waals surface area contributed by atoms with Gasteiger partial charge in [-0.2, -0.15) is 0 Å². The maximum Gasteiger partial charge on any atom is 0.236 e. The molecule has 17 heavy (non-hydrogen) atoms. The number of methoxy groups -OCH3 is 1. The predicted molar refractivity (Wildman–Crippen MR) is 68.7 cm³/mol. The van der Waals surface area contributed by atoms with Gasteiger partial charge in [0.25, 0.3) is 0 Å². The molecule has 1 fully saturated rings. The maximum absolute atomic E-state index is 11.7. The van der Waals surface area contributed by atoms with Gasteiger partial charge in [-0.25, -0.2) is 0 Å². The molecule has 0 bridgehead atoms. The molecule has 1 aliphatic carbocycles. The van der Waals surface area contributed by atoms with Gasteiger partial charge < -0.3 is 15.8 Å². The zero-order valence-corrected chi connectivity index (χ0v) is 10.9. The molecule has 1 amide bonds.